The average Bonchev–Trinajstić information content (AvgIpc) is 2.52. The number of aliphatic hydroxyl groups is 12. The number of rotatable bonds is 26. The summed E-state index contributed by atoms with van der Waals surface area (Å²) in [5, 5.41) is 170. The first kappa shape index (κ1) is 67.3. The molecule has 23 atom stereocenters. The maximum Gasteiger partial charge on any atom is 0.408 e. The first-order valence-corrected chi connectivity index (χ1v) is 25.2. The molecule has 0 aromatic heterocycles. The third-order valence-electron chi connectivity index (χ3n) is 13.6. The van der Waals surface area contributed by atoms with E-state index >= 15 is 0 Å². The summed E-state index contributed by atoms with van der Waals surface area (Å²) in [6.07, 6.45) is -41.1. The summed E-state index contributed by atoms with van der Waals surface area (Å²) in [7, 11) is 0. The maximum atomic E-state index is 13.2. The molecule has 19 N–H and O–H groups in total. The summed E-state index contributed by atoms with van der Waals surface area (Å²) in [5.74, 6) is -15.0. The molecule has 464 valence electrons. The van der Waals surface area contributed by atoms with Crippen molar-refractivity contribution in [1.29, 1.82) is 0 Å². The second-order valence-electron chi connectivity index (χ2n) is 19.6. The van der Waals surface area contributed by atoms with Crippen molar-refractivity contribution in [2.24, 2.45) is 0 Å². The van der Waals surface area contributed by atoms with Crippen molar-refractivity contribution < 1.29 is 153 Å². The van der Waals surface area contributed by atoms with Crippen LogP contribution in [0.15, 0.2) is 30.3 Å². The highest BCUT2D eigenvalue weighted by atomic mass is 16.8. The van der Waals surface area contributed by atoms with Gasteiger partial charge in [-0.15, -0.1) is 0 Å². The number of benzene rings is 1. The van der Waals surface area contributed by atoms with E-state index in [1.54, 1.807) is 30.3 Å². The Kier molecular flexibility index (Phi) is 24.1. The number of amides is 4. The van der Waals surface area contributed by atoms with E-state index in [0.29, 0.717) is 5.56 Å². The van der Waals surface area contributed by atoms with Gasteiger partial charge in [-0.3, -0.25) is 14.4 Å². The van der Waals surface area contributed by atoms with Gasteiger partial charge in [0.1, 0.15) is 92.0 Å². The van der Waals surface area contributed by atoms with E-state index in [4.69, 9.17) is 42.6 Å². The van der Waals surface area contributed by atoms with Crippen LogP contribution in [-0.2, 0) is 78.0 Å². The van der Waals surface area contributed by atoms with Gasteiger partial charge < -0.3 is 140 Å². The second kappa shape index (κ2) is 29.4. The fourth-order valence-electron chi connectivity index (χ4n) is 9.44. The van der Waals surface area contributed by atoms with E-state index in [0.717, 1.165) is 20.8 Å². The zero-order valence-corrected chi connectivity index (χ0v) is 43.9. The van der Waals surface area contributed by atoms with Gasteiger partial charge in [-0.25, -0.2) is 19.2 Å². The Morgan fingerprint density at radius 3 is 1.62 bits per heavy atom. The lowest BCUT2D eigenvalue weighted by atomic mass is 9.88. The highest BCUT2D eigenvalue weighted by Crippen LogP contribution is 2.40. The van der Waals surface area contributed by atoms with Crippen molar-refractivity contribution in [2.75, 3.05) is 33.0 Å². The van der Waals surface area contributed by atoms with Gasteiger partial charge in [0.25, 0.3) is 11.6 Å². The number of hydrogen-bond acceptors (Lipinski definition) is 28. The lowest BCUT2D eigenvalue weighted by Gasteiger charge is -2.51. The summed E-state index contributed by atoms with van der Waals surface area (Å²) in [5.41, 5.74) is 0.500. The molecule has 0 spiro atoms. The highest BCUT2D eigenvalue weighted by Gasteiger charge is 2.61. The Hall–Kier alpha value is -5.49. The fourth-order valence-corrected chi connectivity index (χ4v) is 9.44. The van der Waals surface area contributed by atoms with Gasteiger partial charge in [0.05, 0.1) is 57.3 Å². The van der Waals surface area contributed by atoms with Gasteiger partial charge in [0.15, 0.2) is 18.6 Å². The SMILES string of the molecule is CC(=O)N[C@H]1[C@@H](OC[C@H](NC(=O)OCc2ccccc2)C(=O)O)O[C@H](CO[C@]2(C(=O)O)C[C@H](O)[C@@H](NC(C)=O)[C@H]([C@H](O)[C@H](O)CO)O2)[C@H](O)[C@@H]1O[C@@H]1O[C@H](CO)[C@H](O)[C@H](O[C@]2(C(=O)O)C[C@H](O)[C@@H](NC(C)=O)[C@H]([C@H](O)[C@H](O)CO)O2)[C@H]1O. The molecule has 82 heavy (non-hydrogen) atoms. The summed E-state index contributed by atoms with van der Waals surface area (Å²) in [6, 6.07) is 0.738. The molecule has 0 saturated carbocycles. The third-order valence-corrected chi connectivity index (χ3v) is 13.6. The first-order chi connectivity index (χ1) is 38.5. The number of aliphatic carboxylic acids is 3. The van der Waals surface area contributed by atoms with Crippen LogP contribution in [0.2, 0.25) is 0 Å². The molecular weight excluding hydrogens is 1120 g/mol. The van der Waals surface area contributed by atoms with Crippen LogP contribution in [0, 0.1) is 0 Å². The van der Waals surface area contributed by atoms with E-state index in [-0.39, 0.29) is 6.61 Å². The minimum atomic E-state index is -3.28. The van der Waals surface area contributed by atoms with E-state index < -0.39 is 227 Å². The van der Waals surface area contributed by atoms with Crippen molar-refractivity contribution >= 4 is 41.7 Å². The number of carbonyl (C=O) groups excluding carboxylic acids is 4. The molecule has 35 nitrogen and oxygen atoms in total. The number of carboxylic acid groups (broad SMARTS) is 3. The van der Waals surface area contributed by atoms with Gasteiger partial charge >= 0.3 is 24.0 Å². The Morgan fingerprint density at radius 2 is 1.13 bits per heavy atom. The Balaban J connectivity index is 1.54. The van der Waals surface area contributed by atoms with E-state index in [1.807, 2.05) is 0 Å². The zero-order chi connectivity index (χ0) is 61.1. The molecule has 4 aliphatic rings. The van der Waals surface area contributed by atoms with Gasteiger partial charge in [0, 0.05) is 33.6 Å². The largest absolute Gasteiger partial charge is 0.480 e. The van der Waals surface area contributed by atoms with Crippen LogP contribution in [0.5, 0.6) is 0 Å². The number of nitrogens with one attached hydrogen (secondary N) is 4. The van der Waals surface area contributed by atoms with Crippen molar-refractivity contribution in [1.82, 2.24) is 21.3 Å². The van der Waals surface area contributed by atoms with Crippen molar-refractivity contribution in [3.8, 4) is 0 Å². The minimum Gasteiger partial charge on any atom is -0.480 e. The molecule has 0 radical (unpaired) electrons. The van der Waals surface area contributed by atoms with Crippen LogP contribution in [0.3, 0.4) is 0 Å². The topological polar surface area (TPSA) is 554 Å². The molecule has 4 saturated heterocycles. The number of carbonyl (C=O) groups is 7. The monoisotopic (exact) mass is 1190 g/mol. The fraction of sp³-hybridized carbons (Fsp3) is 0.723. The van der Waals surface area contributed by atoms with Crippen molar-refractivity contribution in [3.63, 3.8) is 0 Å². The Labute approximate surface area is 464 Å². The van der Waals surface area contributed by atoms with Gasteiger partial charge in [-0.2, -0.15) is 0 Å². The lowest BCUT2D eigenvalue weighted by Crippen LogP contribution is -2.71. The maximum absolute atomic E-state index is 13.2. The van der Waals surface area contributed by atoms with Crippen LogP contribution >= 0.6 is 0 Å². The second-order valence-corrected chi connectivity index (χ2v) is 19.6. The van der Waals surface area contributed by atoms with Gasteiger partial charge in [-0.05, 0) is 5.56 Å². The van der Waals surface area contributed by atoms with Gasteiger partial charge in [0.2, 0.25) is 17.7 Å². The summed E-state index contributed by atoms with van der Waals surface area (Å²) in [6.45, 7) is -3.38. The van der Waals surface area contributed by atoms with Crippen LogP contribution < -0.4 is 21.3 Å². The molecule has 0 unspecified atom stereocenters. The number of alkyl carbamates (subject to hydrolysis) is 1. The van der Waals surface area contributed by atoms with Gasteiger partial charge in [-0.1, -0.05) is 30.3 Å². The van der Waals surface area contributed by atoms with Crippen LogP contribution in [0.1, 0.15) is 39.2 Å². The number of ether oxygens (including phenoxy) is 9. The van der Waals surface area contributed by atoms with Crippen LogP contribution in [0.25, 0.3) is 0 Å². The third kappa shape index (κ3) is 16.2. The molecule has 5 rings (SSSR count). The highest BCUT2D eigenvalue weighted by molar-refractivity contribution is 5.80. The standard InChI is InChI=1S/C47H70N4O31/c1-17(55)48-28-22(58)9-46(43(69)70,80-37(28)31(62)24(60)11-52)76-16-27-34(65)36(30(50-19(3)57)41(78-27)74-15-21(40(67)68)51-45(73)75-14-20-7-5-4-6-8-20)79-42-35(66)39(33(64)26(13-54)77-42)82-47(44(71)72)10-23(59)29(49-18(2)56)38(81-47)32(63)25(61)12-53/h4-8,21-39,41-42,52-54,58-66H,9-16H2,1-3H3,(H,48,55)(H,49,56)(H,50,57)(H,51,73)(H,67,68)(H,69,70)(H,71,72)/t21-,22-,23-,24+,25+,26+,27+,28+,29+,30+,31+,32+,33-,34-,35+,36+,37+,38+,39-,41-,42-,46+,47-/m0/s1. The predicted molar refractivity (Wildman–Crippen MR) is 258 cm³/mol. The van der Waals surface area contributed by atoms with Crippen molar-refractivity contribution in [3.05, 3.63) is 35.9 Å². The lowest BCUT2D eigenvalue weighted by molar-refractivity contribution is -0.382. The minimum absolute atomic E-state index is 0.331. The zero-order valence-electron chi connectivity index (χ0n) is 43.9. The molecule has 4 heterocycles. The first-order valence-electron chi connectivity index (χ1n) is 25.2. The Morgan fingerprint density at radius 1 is 0.646 bits per heavy atom. The van der Waals surface area contributed by atoms with Crippen LogP contribution in [0.4, 0.5) is 4.79 Å². The number of aliphatic hydroxyl groups excluding tert-OH is 12. The molecular formula is C47H70N4O31. The molecule has 1 aromatic rings. The number of hydrogen-bond donors (Lipinski definition) is 19. The molecule has 4 amide bonds. The quantitative estimate of drug-likeness (QED) is 0.0410. The summed E-state index contributed by atoms with van der Waals surface area (Å²) < 4.78 is 51.3. The molecule has 4 fully saturated rings. The van der Waals surface area contributed by atoms with E-state index in [2.05, 4.69) is 21.3 Å². The van der Waals surface area contributed by atoms with Crippen LogP contribution in [-0.4, -0.2) is 291 Å². The predicted octanol–water partition coefficient (Wildman–Crippen LogP) is -9.50. The van der Waals surface area contributed by atoms with E-state index in [1.165, 1.54) is 0 Å². The Bertz CT molecular complexity index is 2330. The molecule has 4 aliphatic heterocycles. The van der Waals surface area contributed by atoms with Crippen molar-refractivity contribution in [2.45, 2.75) is 180 Å². The number of carboxylic acids is 3. The average molecular weight is 1190 g/mol. The smallest absolute Gasteiger partial charge is 0.408 e. The molecule has 1 aromatic carbocycles. The van der Waals surface area contributed by atoms with E-state index in [9.17, 15) is 110 Å². The molecule has 0 bridgehead atoms. The summed E-state index contributed by atoms with van der Waals surface area (Å²) >= 11 is 0. The molecule has 0 aliphatic carbocycles. The normalized spacial score (nSPS) is 35.8. The molecule has 35 heteroatoms. The summed E-state index contributed by atoms with van der Waals surface area (Å²) in [4.78, 5) is 88.8.